The van der Waals surface area contributed by atoms with Crippen LogP contribution in [0, 0.1) is 0 Å². The van der Waals surface area contributed by atoms with Crippen molar-refractivity contribution in [2.75, 3.05) is 26.2 Å². The average Bonchev–Trinajstić information content (AvgIpc) is 3.56. The van der Waals surface area contributed by atoms with Gasteiger partial charge in [-0.1, -0.05) is 37.3 Å². The molecule has 1 fully saturated rings. The van der Waals surface area contributed by atoms with Crippen LogP contribution in [0.15, 0.2) is 47.4 Å². The Balaban J connectivity index is 0.000000384. The molecule has 5 rings (SSSR count). The molecule has 1 amide bonds. The number of aromatic nitrogens is 3. The molecule has 0 radical (unpaired) electrons. The minimum absolute atomic E-state index is 0.0493. The van der Waals surface area contributed by atoms with E-state index in [1.54, 1.807) is 5.51 Å². The standard InChI is InChI=1S/C22H25N5OS.C2HF3O2/c1-2-26-12-13-27-19(17-6-4-3-5-7-17)14-23-21(27)22(26)8-10-25(11-9-22)20(28)18-15-29-16-24-18;3-2(4,5)1(6)7/h3-7,14-16H,2,8-13H2,1H3;(H,6,7). The molecule has 1 N–H and O–H groups in total. The van der Waals surface area contributed by atoms with Crippen LogP contribution in [0.5, 0.6) is 0 Å². The van der Waals surface area contributed by atoms with Crippen LogP contribution in [0.2, 0.25) is 0 Å². The first-order chi connectivity index (χ1) is 17.2. The molecule has 1 spiro atoms. The third kappa shape index (κ3) is 5.00. The first-order valence-corrected chi connectivity index (χ1v) is 12.5. The maximum atomic E-state index is 12.8. The number of carbonyl (C=O) groups excluding carboxylic acids is 1. The Morgan fingerprint density at radius 1 is 1.08 bits per heavy atom. The van der Waals surface area contributed by atoms with E-state index in [1.165, 1.54) is 22.6 Å². The summed E-state index contributed by atoms with van der Waals surface area (Å²) in [6.45, 7) is 6.66. The van der Waals surface area contributed by atoms with Crippen LogP contribution < -0.4 is 0 Å². The smallest absolute Gasteiger partial charge is 0.475 e. The van der Waals surface area contributed by atoms with E-state index in [0.717, 1.165) is 51.4 Å². The number of aliphatic carboxylic acids is 1. The number of nitrogens with zero attached hydrogens (tertiary/aromatic N) is 5. The van der Waals surface area contributed by atoms with Gasteiger partial charge in [0, 0.05) is 31.6 Å². The molecular weight excluding hydrogens is 495 g/mol. The number of benzene rings is 1. The summed E-state index contributed by atoms with van der Waals surface area (Å²) >= 11 is 1.47. The Kier molecular flexibility index (Phi) is 7.46. The fourth-order valence-corrected chi connectivity index (χ4v) is 5.48. The van der Waals surface area contributed by atoms with Gasteiger partial charge in [0.15, 0.2) is 0 Å². The number of amides is 1. The molecule has 3 aromatic rings. The number of hydrogen-bond acceptors (Lipinski definition) is 6. The number of carbonyl (C=O) groups is 2. The van der Waals surface area contributed by atoms with Gasteiger partial charge >= 0.3 is 12.1 Å². The maximum absolute atomic E-state index is 12.8. The van der Waals surface area contributed by atoms with E-state index < -0.39 is 12.1 Å². The minimum Gasteiger partial charge on any atom is -0.475 e. The lowest BCUT2D eigenvalue weighted by Crippen LogP contribution is -2.58. The van der Waals surface area contributed by atoms with Crippen molar-refractivity contribution in [3.8, 4) is 11.3 Å². The molecule has 0 saturated carbocycles. The quantitative estimate of drug-likeness (QED) is 0.558. The van der Waals surface area contributed by atoms with Gasteiger partial charge in [0.05, 0.1) is 22.9 Å². The number of rotatable bonds is 3. The van der Waals surface area contributed by atoms with Crippen LogP contribution in [0.25, 0.3) is 11.3 Å². The van der Waals surface area contributed by atoms with E-state index in [-0.39, 0.29) is 11.4 Å². The second kappa shape index (κ2) is 10.4. The van der Waals surface area contributed by atoms with Gasteiger partial charge in [0.1, 0.15) is 11.5 Å². The highest BCUT2D eigenvalue weighted by Crippen LogP contribution is 2.42. The fourth-order valence-electron chi connectivity index (χ4n) is 4.95. The lowest BCUT2D eigenvalue weighted by Gasteiger charge is -2.50. The summed E-state index contributed by atoms with van der Waals surface area (Å²) in [5, 5.41) is 8.96. The molecule has 2 aliphatic heterocycles. The molecule has 1 aromatic carbocycles. The zero-order valence-electron chi connectivity index (χ0n) is 19.6. The molecule has 192 valence electrons. The lowest BCUT2D eigenvalue weighted by molar-refractivity contribution is -0.192. The number of imidazole rings is 1. The van der Waals surface area contributed by atoms with Gasteiger partial charge in [0.2, 0.25) is 0 Å². The highest BCUT2D eigenvalue weighted by atomic mass is 32.1. The zero-order valence-corrected chi connectivity index (χ0v) is 20.4. The second-order valence-corrected chi connectivity index (χ2v) is 9.28. The lowest BCUT2D eigenvalue weighted by atomic mass is 9.83. The normalized spacial score (nSPS) is 17.3. The van der Waals surface area contributed by atoms with E-state index in [1.807, 2.05) is 22.5 Å². The van der Waals surface area contributed by atoms with Crippen molar-refractivity contribution in [1.29, 1.82) is 0 Å². The van der Waals surface area contributed by atoms with Crippen molar-refractivity contribution in [2.24, 2.45) is 0 Å². The molecule has 0 atom stereocenters. The number of halogens is 3. The summed E-state index contributed by atoms with van der Waals surface area (Å²) in [5.74, 6) is -1.55. The van der Waals surface area contributed by atoms with Gasteiger partial charge in [-0.05, 0) is 24.9 Å². The Morgan fingerprint density at radius 2 is 1.75 bits per heavy atom. The van der Waals surface area contributed by atoms with Crippen LogP contribution in [0.3, 0.4) is 0 Å². The van der Waals surface area contributed by atoms with Crippen molar-refractivity contribution in [3.63, 3.8) is 0 Å². The molecule has 2 aliphatic rings. The maximum Gasteiger partial charge on any atom is 0.490 e. The van der Waals surface area contributed by atoms with Gasteiger partial charge in [-0.25, -0.2) is 14.8 Å². The number of fused-ring (bicyclic) bond motifs is 2. The molecule has 0 unspecified atom stereocenters. The van der Waals surface area contributed by atoms with E-state index in [4.69, 9.17) is 14.9 Å². The topological polar surface area (TPSA) is 91.6 Å². The monoisotopic (exact) mass is 521 g/mol. The molecule has 12 heteroatoms. The molecule has 8 nitrogen and oxygen atoms in total. The third-order valence-electron chi connectivity index (χ3n) is 6.69. The first kappa shape index (κ1) is 25.8. The predicted molar refractivity (Wildman–Crippen MR) is 128 cm³/mol. The van der Waals surface area contributed by atoms with E-state index >= 15 is 0 Å². The largest absolute Gasteiger partial charge is 0.490 e. The van der Waals surface area contributed by atoms with Gasteiger partial charge in [0.25, 0.3) is 5.91 Å². The summed E-state index contributed by atoms with van der Waals surface area (Å²) in [6, 6.07) is 10.5. The summed E-state index contributed by atoms with van der Waals surface area (Å²) in [4.78, 5) is 35.3. The fraction of sp³-hybridized carbons (Fsp3) is 0.417. The number of carboxylic acids is 1. The van der Waals surface area contributed by atoms with Crippen molar-refractivity contribution >= 4 is 23.2 Å². The summed E-state index contributed by atoms with van der Waals surface area (Å²) in [7, 11) is 0. The Hall–Kier alpha value is -3.25. The number of carboxylic acid groups (broad SMARTS) is 1. The van der Waals surface area contributed by atoms with Crippen LogP contribution >= 0.6 is 11.3 Å². The van der Waals surface area contributed by atoms with E-state index in [0.29, 0.717) is 5.69 Å². The zero-order chi connectivity index (χ0) is 25.9. The SMILES string of the molecule is CCN1CCn2c(-c3ccccc3)cnc2C12CCN(C(=O)c1cscn1)CC2.O=C(O)C(F)(F)F. The highest BCUT2D eigenvalue weighted by Gasteiger charge is 2.47. The number of piperidine rings is 1. The third-order valence-corrected chi connectivity index (χ3v) is 7.28. The number of likely N-dealkylation sites (N-methyl/N-ethyl adjacent to an activating group) is 1. The highest BCUT2D eigenvalue weighted by molar-refractivity contribution is 7.07. The average molecular weight is 522 g/mol. The van der Waals surface area contributed by atoms with Crippen LogP contribution in [0.4, 0.5) is 13.2 Å². The molecule has 0 bridgehead atoms. The van der Waals surface area contributed by atoms with Crippen molar-refractivity contribution < 1.29 is 27.9 Å². The van der Waals surface area contributed by atoms with Crippen molar-refractivity contribution in [3.05, 3.63) is 58.9 Å². The summed E-state index contributed by atoms with van der Waals surface area (Å²) in [5.41, 5.74) is 4.59. The molecule has 4 heterocycles. The molecule has 0 aliphatic carbocycles. The Bertz CT molecular complexity index is 1190. The number of thiazole rings is 1. The Labute approximate surface area is 210 Å². The first-order valence-electron chi connectivity index (χ1n) is 11.5. The molecule has 36 heavy (non-hydrogen) atoms. The molecule has 1 saturated heterocycles. The van der Waals surface area contributed by atoms with Crippen LogP contribution in [-0.4, -0.2) is 73.7 Å². The minimum atomic E-state index is -5.08. The summed E-state index contributed by atoms with van der Waals surface area (Å²) < 4.78 is 34.1. The number of likely N-dealkylation sites (tertiary alicyclic amines) is 1. The predicted octanol–water partition coefficient (Wildman–Crippen LogP) is 4.11. The Morgan fingerprint density at radius 3 is 2.31 bits per heavy atom. The van der Waals surface area contributed by atoms with Gasteiger partial charge in [-0.3, -0.25) is 9.69 Å². The molecule has 2 aromatic heterocycles. The van der Waals surface area contributed by atoms with Gasteiger partial charge in [-0.15, -0.1) is 11.3 Å². The van der Waals surface area contributed by atoms with Gasteiger partial charge in [-0.2, -0.15) is 13.2 Å². The number of alkyl halides is 3. The van der Waals surface area contributed by atoms with Crippen LogP contribution in [-0.2, 0) is 16.9 Å². The molecular formula is C24H26F3N5O3S. The number of hydrogen-bond donors (Lipinski definition) is 1. The van der Waals surface area contributed by atoms with Gasteiger partial charge < -0.3 is 14.6 Å². The summed E-state index contributed by atoms with van der Waals surface area (Å²) in [6.07, 6.45) is -1.25. The van der Waals surface area contributed by atoms with Crippen molar-refractivity contribution in [2.45, 2.75) is 38.0 Å². The van der Waals surface area contributed by atoms with E-state index in [2.05, 4.69) is 45.6 Å². The van der Waals surface area contributed by atoms with E-state index in [9.17, 15) is 18.0 Å². The van der Waals surface area contributed by atoms with Crippen molar-refractivity contribution in [1.82, 2.24) is 24.3 Å². The van der Waals surface area contributed by atoms with Crippen LogP contribution in [0.1, 0.15) is 36.1 Å². The second-order valence-electron chi connectivity index (χ2n) is 8.56.